The van der Waals surface area contributed by atoms with Crippen molar-refractivity contribution in [2.75, 3.05) is 13.1 Å². The lowest BCUT2D eigenvalue weighted by molar-refractivity contribution is 0.235. The molecular formula is C18H34IN5. The van der Waals surface area contributed by atoms with E-state index in [0.717, 1.165) is 30.5 Å². The van der Waals surface area contributed by atoms with Crippen molar-refractivity contribution in [1.29, 1.82) is 0 Å². The lowest BCUT2D eigenvalue weighted by Gasteiger charge is -2.32. The van der Waals surface area contributed by atoms with Crippen LogP contribution in [-0.2, 0) is 13.6 Å². The molecule has 2 N–H and O–H groups in total. The maximum Gasteiger partial charge on any atom is 0.191 e. The Morgan fingerprint density at radius 2 is 2.04 bits per heavy atom. The second kappa shape index (κ2) is 10.3. The van der Waals surface area contributed by atoms with E-state index in [2.05, 4.69) is 36.5 Å². The summed E-state index contributed by atoms with van der Waals surface area (Å²) < 4.78 is 1.82. The second-order valence-corrected chi connectivity index (χ2v) is 7.38. The molecule has 0 saturated heterocycles. The second-order valence-electron chi connectivity index (χ2n) is 7.38. The molecule has 138 valence electrons. The predicted molar refractivity (Wildman–Crippen MR) is 112 cm³/mol. The molecule has 24 heavy (non-hydrogen) atoms. The van der Waals surface area contributed by atoms with Crippen molar-refractivity contribution in [3.63, 3.8) is 0 Å². The maximum atomic E-state index is 4.71. The van der Waals surface area contributed by atoms with Crippen molar-refractivity contribution < 1.29 is 0 Å². The third kappa shape index (κ3) is 6.61. The number of aliphatic imine (C=N–C) groups is 1. The standard InChI is InChI=1S/C18H33N5.HI/c1-5-19-17(20-11-16-12-22-23(4)13-16)21-14-18(10-15(2)3)8-6-7-9-18;/h12-13,15H,5-11,14H2,1-4H3,(H2,19,20,21);1H. The molecular weight excluding hydrogens is 413 g/mol. The fourth-order valence-corrected chi connectivity index (χ4v) is 3.78. The maximum absolute atomic E-state index is 4.71. The van der Waals surface area contributed by atoms with E-state index in [1.807, 2.05) is 24.1 Å². The summed E-state index contributed by atoms with van der Waals surface area (Å²) >= 11 is 0. The Hall–Kier alpha value is -0.790. The highest BCUT2D eigenvalue weighted by Gasteiger charge is 2.34. The number of aryl methyl sites for hydroxylation is 1. The van der Waals surface area contributed by atoms with Crippen LogP contribution in [0.15, 0.2) is 17.4 Å². The van der Waals surface area contributed by atoms with E-state index in [1.165, 1.54) is 32.1 Å². The van der Waals surface area contributed by atoms with Gasteiger partial charge in [-0.05, 0) is 37.5 Å². The molecule has 0 amide bonds. The van der Waals surface area contributed by atoms with Crippen LogP contribution in [0.2, 0.25) is 0 Å². The largest absolute Gasteiger partial charge is 0.357 e. The summed E-state index contributed by atoms with van der Waals surface area (Å²) in [4.78, 5) is 4.71. The smallest absolute Gasteiger partial charge is 0.191 e. The van der Waals surface area contributed by atoms with Crippen LogP contribution in [0.3, 0.4) is 0 Å². The van der Waals surface area contributed by atoms with E-state index in [1.54, 1.807) is 0 Å². The van der Waals surface area contributed by atoms with E-state index in [9.17, 15) is 0 Å². The molecule has 0 radical (unpaired) electrons. The minimum absolute atomic E-state index is 0. The third-order valence-electron chi connectivity index (χ3n) is 4.66. The van der Waals surface area contributed by atoms with Crippen molar-refractivity contribution in [2.24, 2.45) is 23.4 Å². The fraction of sp³-hybridized carbons (Fsp3) is 0.778. The lowest BCUT2D eigenvalue weighted by atomic mass is 9.78. The predicted octanol–water partition coefficient (Wildman–Crippen LogP) is 3.70. The van der Waals surface area contributed by atoms with Gasteiger partial charge in [-0.3, -0.25) is 4.68 Å². The van der Waals surface area contributed by atoms with Crippen LogP contribution in [0.4, 0.5) is 0 Å². The number of rotatable bonds is 7. The highest BCUT2D eigenvalue weighted by Crippen LogP contribution is 2.42. The Kier molecular flexibility index (Phi) is 9.08. The van der Waals surface area contributed by atoms with Gasteiger partial charge < -0.3 is 10.6 Å². The summed E-state index contributed by atoms with van der Waals surface area (Å²) in [6.07, 6.45) is 10.6. The first kappa shape index (κ1) is 21.3. The number of halogens is 1. The molecule has 6 heteroatoms. The van der Waals surface area contributed by atoms with E-state index in [4.69, 9.17) is 4.99 Å². The summed E-state index contributed by atoms with van der Waals surface area (Å²) in [6.45, 7) is 9.37. The molecule has 5 nitrogen and oxygen atoms in total. The van der Waals surface area contributed by atoms with Gasteiger partial charge in [0.1, 0.15) is 0 Å². The average Bonchev–Trinajstić information content (AvgIpc) is 3.11. The van der Waals surface area contributed by atoms with Crippen LogP contribution in [-0.4, -0.2) is 28.8 Å². The first-order valence-electron chi connectivity index (χ1n) is 9.03. The Balaban J connectivity index is 0.00000288. The quantitative estimate of drug-likeness (QED) is 0.381. The van der Waals surface area contributed by atoms with Gasteiger partial charge >= 0.3 is 0 Å². The zero-order valence-corrected chi connectivity index (χ0v) is 18.0. The van der Waals surface area contributed by atoms with Crippen LogP contribution in [0.5, 0.6) is 0 Å². The molecule has 1 aromatic heterocycles. The first-order valence-corrected chi connectivity index (χ1v) is 9.03. The zero-order valence-electron chi connectivity index (χ0n) is 15.6. The van der Waals surface area contributed by atoms with Crippen molar-refractivity contribution in [2.45, 2.75) is 59.4 Å². The molecule has 1 aliphatic rings. The fourth-order valence-electron chi connectivity index (χ4n) is 3.78. The summed E-state index contributed by atoms with van der Waals surface area (Å²) in [7, 11) is 1.94. The normalized spacial score (nSPS) is 17.0. The number of hydrogen-bond donors (Lipinski definition) is 2. The van der Waals surface area contributed by atoms with E-state index < -0.39 is 0 Å². The van der Waals surface area contributed by atoms with Gasteiger partial charge in [-0.1, -0.05) is 26.7 Å². The monoisotopic (exact) mass is 447 g/mol. The molecule has 0 aromatic carbocycles. The first-order chi connectivity index (χ1) is 11.0. The average molecular weight is 447 g/mol. The van der Waals surface area contributed by atoms with Gasteiger partial charge in [-0.25, -0.2) is 4.99 Å². The Bertz CT molecular complexity index is 503. The minimum atomic E-state index is 0. The number of hydrogen-bond acceptors (Lipinski definition) is 2. The van der Waals surface area contributed by atoms with Crippen LogP contribution in [0.1, 0.15) is 58.4 Å². The SMILES string of the molecule is CCNC(=NCc1cnn(C)c1)NCC1(CC(C)C)CCCC1.I. The number of guanidine groups is 1. The highest BCUT2D eigenvalue weighted by molar-refractivity contribution is 14.0. The molecule has 0 atom stereocenters. The van der Waals surface area contributed by atoms with Gasteiger partial charge in [0.15, 0.2) is 5.96 Å². The van der Waals surface area contributed by atoms with E-state index in [0.29, 0.717) is 12.0 Å². The Labute approximate surface area is 164 Å². The zero-order chi connectivity index (χ0) is 16.7. The van der Waals surface area contributed by atoms with Gasteiger partial charge in [0.2, 0.25) is 0 Å². The third-order valence-corrected chi connectivity index (χ3v) is 4.66. The molecule has 2 rings (SSSR count). The van der Waals surface area contributed by atoms with Crippen molar-refractivity contribution in [1.82, 2.24) is 20.4 Å². The van der Waals surface area contributed by atoms with Crippen molar-refractivity contribution in [3.8, 4) is 0 Å². The van der Waals surface area contributed by atoms with Crippen LogP contribution < -0.4 is 10.6 Å². The van der Waals surface area contributed by atoms with Gasteiger partial charge in [0.25, 0.3) is 0 Å². The van der Waals surface area contributed by atoms with E-state index >= 15 is 0 Å². The molecule has 0 bridgehead atoms. The van der Waals surface area contributed by atoms with Gasteiger partial charge in [-0.2, -0.15) is 5.10 Å². The number of nitrogens with one attached hydrogen (secondary N) is 2. The molecule has 0 unspecified atom stereocenters. The van der Waals surface area contributed by atoms with Crippen LogP contribution >= 0.6 is 24.0 Å². The highest BCUT2D eigenvalue weighted by atomic mass is 127. The van der Waals surface area contributed by atoms with Crippen molar-refractivity contribution in [3.05, 3.63) is 18.0 Å². The molecule has 1 fully saturated rings. The summed E-state index contributed by atoms with van der Waals surface area (Å²) in [5.74, 6) is 1.68. The summed E-state index contributed by atoms with van der Waals surface area (Å²) in [6, 6.07) is 0. The van der Waals surface area contributed by atoms with Gasteiger partial charge in [0, 0.05) is 31.9 Å². The topological polar surface area (TPSA) is 54.2 Å². The van der Waals surface area contributed by atoms with E-state index in [-0.39, 0.29) is 24.0 Å². The van der Waals surface area contributed by atoms with Gasteiger partial charge in [0.05, 0.1) is 12.7 Å². The van der Waals surface area contributed by atoms with Crippen LogP contribution in [0, 0.1) is 11.3 Å². The lowest BCUT2D eigenvalue weighted by Crippen LogP contribution is -2.43. The number of aromatic nitrogens is 2. The molecule has 1 heterocycles. The minimum Gasteiger partial charge on any atom is -0.357 e. The summed E-state index contributed by atoms with van der Waals surface area (Å²) in [5, 5.41) is 11.2. The molecule has 1 saturated carbocycles. The number of nitrogens with zero attached hydrogens (tertiary/aromatic N) is 3. The molecule has 0 spiro atoms. The molecule has 0 aliphatic heterocycles. The van der Waals surface area contributed by atoms with Crippen molar-refractivity contribution >= 4 is 29.9 Å². The molecule has 1 aromatic rings. The summed E-state index contributed by atoms with van der Waals surface area (Å²) in [5.41, 5.74) is 1.60. The molecule has 1 aliphatic carbocycles. The van der Waals surface area contributed by atoms with Crippen LogP contribution in [0.25, 0.3) is 0 Å². The Morgan fingerprint density at radius 3 is 2.58 bits per heavy atom. The Morgan fingerprint density at radius 1 is 1.33 bits per heavy atom. The van der Waals surface area contributed by atoms with Gasteiger partial charge in [-0.15, -0.1) is 24.0 Å².